The van der Waals surface area contributed by atoms with Gasteiger partial charge in [0, 0.05) is 18.0 Å². The Labute approximate surface area is 198 Å². The monoisotopic (exact) mass is 454 g/mol. The molecule has 2 aliphatic heterocycles. The molecule has 1 amide bonds. The van der Waals surface area contributed by atoms with Crippen molar-refractivity contribution in [2.75, 3.05) is 19.8 Å². The molecule has 1 aliphatic carbocycles. The van der Waals surface area contributed by atoms with E-state index in [2.05, 4.69) is 29.2 Å². The number of hydrogen-bond acceptors (Lipinski definition) is 5. The van der Waals surface area contributed by atoms with E-state index in [0.29, 0.717) is 38.4 Å². The normalized spacial score (nSPS) is 23.2. The second kappa shape index (κ2) is 8.69. The molecule has 6 rings (SSSR count). The molecule has 0 spiro atoms. The minimum absolute atomic E-state index is 0.0238. The van der Waals surface area contributed by atoms with Crippen molar-refractivity contribution in [2.24, 2.45) is 5.92 Å². The largest absolute Gasteiger partial charge is 0.448 e. The fourth-order valence-corrected chi connectivity index (χ4v) is 5.81. The van der Waals surface area contributed by atoms with Gasteiger partial charge in [0.2, 0.25) is 0 Å². The van der Waals surface area contributed by atoms with Gasteiger partial charge < -0.3 is 9.47 Å². The minimum atomic E-state index is -0.316. The van der Waals surface area contributed by atoms with Crippen LogP contribution in [0.1, 0.15) is 40.4 Å². The number of aromatic nitrogens is 1. The molecular weight excluding hydrogens is 428 g/mol. The molecular formula is C28H26N2O4. The highest BCUT2D eigenvalue weighted by Gasteiger charge is 2.45. The Morgan fingerprint density at radius 2 is 1.50 bits per heavy atom. The van der Waals surface area contributed by atoms with Crippen molar-refractivity contribution >= 4 is 11.9 Å². The van der Waals surface area contributed by atoms with Gasteiger partial charge in [-0.25, -0.2) is 4.79 Å². The molecule has 2 atom stereocenters. The van der Waals surface area contributed by atoms with Crippen LogP contribution in [0.4, 0.5) is 4.79 Å². The summed E-state index contributed by atoms with van der Waals surface area (Å²) in [6, 6.07) is 21.7. The van der Waals surface area contributed by atoms with E-state index in [-0.39, 0.29) is 35.8 Å². The zero-order valence-corrected chi connectivity index (χ0v) is 18.8. The summed E-state index contributed by atoms with van der Waals surface area (Å²) in [7, 11) is 0. The van der Waals surface area contributed by atoms with Crippen LogP contribution in [0, 0.1) is 5.92 Å². The number of nitrogens with zero attached hydrogens (tertiary/aromatic N) is 2. The lowest BCUT2D eigenvalue weighted by Gasteiger charge is -2.47. The molecule has 3 aliphatic rings. The van der Waals surface area contributed by atoms with Crippen LogP contribution in [-0.4, -0.2) is 53.7 Å². The summed E-state index contributed by atoms with van der Waals surface area (Å²) in [5.74, 6) is -0.0909. The second-order valence-corrected chi connectivity index (χ2v) is 9.30. The SMILES string of the molecule is O=C(c1ccccn1)C1CC2COCC(C1)N2C(=O)OCC1c2ccccc2-c2ccccc21. The summed E-state index contributed by atoms with van der Waals surface area (Å²) in [6.45, 7) is 1.14. The molecule has 0 N–H and O–H groups in total. The summed E-state index contributed by atoms with van der Waals surface area (Å²) in [5.41, 5.74) is 5.29. The highest BCUT2D eigenvalue weighted by Crippen LogP contribution is 2.44. The van der Waals surface area contributed by atoms with Crippen molar-refractivity contribution in [3.8, 4) is 11.1 Å². The summed E-state index contributed by atoms with van der Waals surface area (Å²) in [5, 5.41) is 0. The van der Waals surface area contributed by atoms with Gasteiger partial charge in [-0.05, 0) is 47.2 Å². The zero-order chi connectivity index (χ0) is 23.1. The minimum Gasteiger partial charge on any atom is -0.448 e. The summed E-state index contributed by atoms with van der Waals surface area (Å²) in [6.07, 6.45) is 2.46. The van der Waals surface area contributed by atoms with Crippen molar-refractivity contribution in [3.05, 3.63) is 89.7 Å². The van der Waals surface area contributed by atoms with Gasteiger partial charge in [0.25, 0.3) is 0 Å². The van der Waals surface area contributed by atoms with Gasteiger partial charge in [-0.1, -0.05) is 54.6 Å². The number of fused-ring (bicyclic) bond motifs is 5. The molecule has 0 saturated carbocycles. The van der Waals surface area contributed by atoms with Crippen LogP contribution in [0.2, 0.25) is 0 Å². The molecule has 2 saturated heterocycles. The highest BCUT2D eigenvalue weighted by atomic mass is 16.6. The van der Waals surface area contributed by atoms with Gasteiger partial charge >= 0.3 is 6.09 Å². The van der Waals surface area contributed by atoms with E-state index in [1.54, 1.807) is 18.3 Å². The first-order valence-electron chi connectivity index (χ1n) is 11.9. The first-order chi connectivity index (χ1) is 16.7. The van der Waals surface area contributed by atoms with E-state index in [0.717, 1.165) is 0 Å². The predicted molar refractivity (Wildman–Crippen MR) is 127 cm³/mol. The molecule has 3 aromatic rings. The van der Waals surface area contributed by atoms with Crippen LogP contribution in [0.15, 0.2) is 72.9 Å². The Kier molecular flexibility index (Phi) is 5.38. The summed E-state index contributed by atoms with van der Waals surface area (Å²) >= 11 is 0. The third-order valence-corrected chi connectivity index (χ3v) is 7.36. The quantitative estimate of drug-likeness (QED) is 0.535. The number of benzene rings is 2. The Morgan fingerprint density at radius 1 is 0.882 bits per heavy atom. The van der Waals surface area contributed by atoms with Crippen molar-refractivity contribution in [1.82, 2.24) is 9.88 Å². The molecule has 2 aromatic carbocycles. The maximum absolute atomic E-state index is 13.3. The first kappa shape index (κ1) is 21.1. The number of Topliss-reactive ketones (excluding diaryl/α,β-unsaturated/α-hetero) is 1. The number of hydrogen-bond donors (Lipinski definition) is 0. The molecule has 1 aromatic heterocycles. The van der Waals surface area contributed by atoms with Crippen molar-refractivity contribution in [2.45, 2.75) is 30.8 Å². The van der Waals surface area contributed by atoms with E-state index < -0.39 is 0 Å². The lowest BCUT2D eigenvalue weighted by molar-refractivity contribution is -0.0748. The number of pyridine rings is 1. The average Bonchev–Trinajstić information content (AvgIpc) is 3.20. The molecule has 2 bridgehead atoms. The Balaban J connectivity index is 1.17. The molecule has 34 heavy (non-hydrogen) atoms. The Morgan fingerprint density at radius 3 is 2.12 bits per heavy atom. The van der Waals surface area contributed by atoms with Crippen molar-refractivity contribution < 1.29 is 19.1 Å². The lowest BCUT2D eigenvalue weighted by Crippen LogP contribution is -2.60. The smallest absolute Gasteiger partial charge is 0.410 e. The number of ketones is 1. The third-order valence-electron chi connectivity index (χ3n) is 7.36. The van der Waals surface area contributed by atoms with Crippen LogP contribution in [0.5, 0.6) is 0 Å². The van der Waals surface area contributed by atoms with Gasteiger partial charge in [-0.2, -0.15) is 0 Å². The van der Waals surface area contributed by atoms with Gasteiger partial charge in [0.1, 0.15) is 12.3 Å². The molecule has 6 heteroatoms. The molecule has 2 unspecified atom stereocenters. The summed E-state index contributed by atoms with van der Waals surface area (Å²) in [4.78, 5) is 32.3. The highest BCUT2D eigenvalue weighted by molar-refractivity contribution is 5.96. The van der Waals surface area contributed by atoms with E-state index >= 15 is 0 Å². The molecule has 0 radical (unpaired) electrons. The van der Waals surface area contributed by atoms with Crippen LogP contribution in [-0.2, 0) is 9.47 Å². The van der Waals surface area contributed by atoms with E-state index in [4.69, 9.17) is 9.47 Å². The number of carbonyl (C=O) groups excluding carboxylic acids is 2. The number of carbonyl (C=O) groups is 2. The van der Waals surface area contributed by atoms with Gasteiger partial charge in [0.15, 0.2) is 5.78 Å². The topological polar surface area (TPSA) is 68.7 Å². The van der Waals surface area contributed by atoms with Crippen molar-refractivity contribution in [3.63, 3.8) is 0 Å². The van der Waals surface area contributed by atoms with Gasteiger partial charge in [-0.3, -0.25) is 14.7 Å². The standard InChI is InChI=1S/C28H26N2O4/c31-27(26-11-5-6-12-29-26)18-13-19-15-33-16-20(14-18)30(19)28(32)34-17-25-23-9-3-1-7-21(23)22-8-2-4-10-24(22)25/h1-12,18-20,25H,13-17H2. The third kappa shape index (κ3) is 3.59. The average molecular weight is 455 g/mol. The van der Waals surface area contributed by atoms with Crippen molar-refractivity contribution in [1.29, 1.82) is 0 Å². The van der Waals surface area contributed by atoms with Gasteiger partial charge in [-0.15, -0.1) is 0 Å². The fourth-order valence-electron chi connectivity index (χ4n) is 5.81. The number of ether oxygens (including phenoxy) is 2. The van der Waals surface area contributed by atoms with Gasteiger partial charge in [0.05, 0.1) is 25.3 Å². The molecule has 3 heterocycles. The first-order valence-corrected chi connectivity index (χ1v) is 11.9. The van der Waals surface area contributed by atoms with E-state index in [9.17, 15) is 9.59 Å². The molecule has 172 valence electrons. The summed E-state index contributed by atoms with van der Waals surface area (Å²) < 4.78 is 11.7. The molecule has 2 fully saturated rings. The fraction of sp³-hybridized carbons (Fsp3) is 0.321. The number of rotatable bonds is 4. The van der Waals surface area contributed by atoms with Crippen LogP contribution in [0.3, 0.4) is 0 Å². The zero-order valence-electron chi connectivity index (χ0n) is 18.8. The van der Waals surface area contributed by atoms with Crippen LogP contribution in [0.25, 0.3) is 11.1 Å². The van der Waals surface area contributed by atoms with Crippen LogP contribution >= 0.6 is 0 Å². The maximum atomic E-state index is 13.3. The van der Waals surface area contributed by atoms with E-state index in [1.807, 2.05) is 35.2 Å². The maximum Gasteiger partial charge on any atom is 0.410 e. The van der Waals surface area contributed by atoms with Crippen LogP contribution < -0.4 is 0 Å². The molecule has 6 nitrogen and oxygen atoms in total. The number of morpholine rings is 1. The predicted octanol–water partition coefficient (Wildman–Crippen LogP) is 4.69. The second-order valence-electron chi connectivity index (χ2n) is 9.30. The van der Waals surface area contributed by atoms with E-state index in [1.165, 1.54) is 22.3 Å². The number of piperidine rings is 1. The lowest BCUT2D eigenvalue weighted by atomic mass is 9.82. The Bertz CT molecular complexity index is 1170. The number of amides is 1. The Hall–Kier alpha value is -3.51.